The molecule has 0 aliphatic carbocycles. The highest BCUT2D eigenvalue weighted by Gasteiger charge is 2.32. The summed E-state index contributed by atoms with van der Waals surface area (Å²) in [4.78, 5) is 17.0. The van der Waals surface area contributed by atoms with E-state index in [1.807, 2.05) is 18.9 Å². The standard InChI is InChI=1S/C29H34F3N3O5S2/c1-19-15-35(20(2)18-36)27(37)14-22-13-24(33-42(38,39)28-5-4-12-41-28)10-11-25(22)40-26(19)17-34(3)16-21-6-8-23(9-7-21)29(30,31)32/h4-13,19-20,26,33,36H,14-18H2,1-3H3/t19-,20-,26-/m1/s1. The van der Waals surface area contributed by atoms with E-state index in [1.165, 1.54) is 18.2 Å². The molecule has 1 aliphatic heterocycles. The number of nitrogens with one attached hydrogen (secondary N) is 1. The zero-order valence-corrected chi connectivity index (χ0v) is 25.1. The Labute approximate surface area is 247 Å². The number of nitrogens with zero attached hydrogens (tertiary/aromatic N) is 2. The number of hydrogen-bond donors (Lipinski definition) is 2. The maximum absolute atomic E-state index is 13.4. The molecular formula is C29H34F3N3O5S2. The Morgan fingerprint density at radius 1 is 1.19 bits per heavy atom. The van der Waals surface area contributed by atoms with Crippen LogP contribution in [-0.2, 0) is 34.0 Å². The largest absolute Gasteiger partial charge is 0.488 e. The average Bonchev–Trinajstić information content (AvgIpc) is 3.48. The Kier molecular flexibility index (Phi) is 9.86. The molecule has 0 spiro atoms. The molecule has 1 amide bonds. The fourth-order valence-corrected chi connectivity index (χ4v) is 6.86. The Balaban J connectivity index is 1.59. The number of benzene rings is 2. The molecule has 2 N–H and O–H groups in total. The van der Waals surface area contributed by atoms with Crippen LogP contribution in [0.2, 0.25) is 0 Å². The number of sulfonamides is 1. The molecule has 3 atom stereocenters. The molecule has 13 heteroatoms. The number of halogens is 3. The first-order chi connectivity index (χ1) is 19.8. The second-order valence-corrected chi connectivity index (χ2v) is 13.5. The fraction of sp³-hybridized carbons (Fsp3) is 0.414. The number of carbonyl (C=O) groups is 1. The van der Waals surface area contributed by atoms with Gasteiger partial charge in [-0.2, -0.15) is 13.2 Å². The van der Waals surface area contributed by atoms with E-state index in [9.17, 15) is 31.5 Å². The van der Waals surface area contributed by atoms with E-state index in [-0.39, 0.29) is 34.7 Å². The van der Waals surface area contributed by atoms with Gasteiger partial charge in [0.2, 0.25) is 5.91 Å². The van der Waals surface area contributed by atoms with Gasteiger partial charge in [0.1, 0.15) is 16.1 Å². The lowest BCUT2D eigenvalue weighted by Gasteiger charge is -2.34. The van der Waals surface area contributed by atoms with E-state index in [0.717, 1.165) is 23.5 Å². The quantitative estimate of drug-likeness (QED) is 0.353. The van der Waals surface area contributed by atoms with Crippen molar-refractivity contribution in [3.8, 4) is 5.75 Å². The van der Waals surface area contributed by atoms with Gasteiger partial charge in [-0.1, -0.05) is 25.1 Å². The van der Waals surface area contributed by atoms with Crippen LogP contribution in [0.1, 0.15) is 30.5 Å². The number of hydrogen-bond acceptors (Lipinski definition) is 7. The number of thiophene rings is 1. The second kappa shape index (κ2) is 13.0. The predicted molar refractivity (Wildman–Crippen MR) is 155 cm³/mol. The monoisotopic (exact) mass is 625 g/mol. The predicted octanol–water partition coefficient (Wildman–Crippen LogP) is 4.85. The zero-order valence-electron chi connectivity index (χ0n) is 23.5. The number of likely N-dealkylation sites (N-methyl/N-ethyl adjacent to an activating group) is 1. The van der Waals surface area contributed by atoms with Crippen molar-refractivity contribution in [1.29, 1.82) is 0 Å². The number of amides is 1. The number of aliphatic hydroxyl groups is 1. The summed E-state index contributed by atoms with van der Waals surface area (Å²) in [6.07, 6.45) is -4.90. The van der Waals surface area contributed by atoms with Gasteiger partial charge in [-0.15, -0.1) is 11.3 Å². The van der Waals surface area contributed by atoms with E-state index in [0.29, 0.717) is 36.5 Å². The van der Waals surface area contributed by atoms with Gasteiger partial charge in [0.15, 0.2) is 0 Å². The lowest BCUT2D eigenvalue weighted by Crippen LogP contribution is -2.47. The number of anilines is 1. The smallest absolute Gasteiger partial charge is 0.416 e. The van der Waals surface area contributed by atoms with Gasteiger partial charge in [0, 0.05) is 36.8 Å². The van der Waals surface area contributed by atoms with Crippen molar-refractivity contribution in [1.82, 2.24) is 9.80 Å². The fourth-order valence-electron chi connectivity index (χ4n) is 4.82. The molecule has 3 aromatic rings. The average molecular weight is 626 g/mol. The minimum Gasteiger partial charge on any atom is -0.488 e. The van der Waals surface area contributed by atoms with Crippen LogP contribution < -0.4 is 9.46 Å². The van der Waals surface area contributed by atoms with Crippen molar-refractivity contribution >= 4 is 33.0 Å². The molecule has 4 rings (SSSR count). The summed E-state index contributed by atoms with van der Waals surface area (Å²) < 4.78 is 73.7. The molecule has 0 saturated carbocycles. The van der Waals surface area contributed by atoms with E-state index < -0.39 is 33.9 Å². The molecule has 228 valence electrons. The molecule has 2 heterocycles. The van der Waals surface area contributed by atoms with Crippen molar-refractivity contribution in [3.05, 3.63) is 76.7 Å². The first kappa shape index (κ1) is 31.8. The van der Waals surface area contributed by atoms with E-state index in [4.69, 9.17) is 4.74 Å². The molecule has 8 nitrogen and oxygen atoms in total. The number of rotatable bonds is 9. The van der Waals surface area contributed by atoms with Crippen LogP contribution >= 0.6 is 11.3 Å². The van der Waals surface area contributed by atoms with Crippen molar-refractivity contribution in [2.75, 3.05) is 31.5 Å². The van der Waals surface area contributed by atoms with Gasteiger partial charge in [-0.3, -0.25) is 14.4 Å². The van der Waals surface area contributed by atoms with Gasteiger partial charge >= 0.3 is 6.18 Å². The third kappa shape index (κ3) is 7.82. The summed E-state index contributed by atoms with van der Waals surface area (Å²) >= 11 is 1.09. The molecule has 0 unspecified atom stereocenters. The van der Waals surface area contributed by atoms with Gasteiger partial charge < -0.3 is 14.7 Å². The minimum atomic E-state index is -4.41. The Morgan fingerprint density at radius 3 is 2.52 bits per heavy atom. The first-order valence-electron chi connectivity index (χ1n) is 13.4. The zero-order chi connectivity index (χ0) is 30.7. The maximum atomic E-state index is 13.4. The van der Waals surface area contributed by atoms with Gasteiger partial charge in [0.05, 0.1) is 24.6 Å². The van der Waals surface area contributed by atoms with Crippen LogP contribution in [0.4, 0.5) is 18.9 Å². The third-order valence-corrected chi connectivity index (χ3v) is 9.93. The van der Waals surface area contributed by atoms with Crippen molar-refractivity contribution < 1.29 is 36.2 Å². The first-order valence-corrected chi connectivity index (χ1v) is 15.7. The Bertz CT molecular complexity index is 1460. The van der Waals surface area contributed by atoms with E-state index in [2.05, 4.69) is 4.72 Å². The molecule has 1 aromatic heterocycles. The van der Waals surface area contributed by atoms with Crippen molar-refractivity contribution in [2.45, 2.75) is 49.3 Å². The molecule has 1 aliphatic rings. The van der Waals surface area contributed by atoms with Gasteiger partial charge in [-0.25, -0.2) is 8.42 Å². The molecule has 0 radical (unpaired) electrons. The van der Waals surface area contributed by atoms with Crippen molar-refractivity contribution in [2.24, 2.45) is 5.92 Å². The maximum Gasteiger partial charge on any atom is 0.416 e. The molecular weight excluding hydrogens is 591 g/mol. The van der Waals surface area contributed by atoms with E-state index >= 15 is 0 Å². The van der Waals surface area contributed by atoms with Crippen LogP contribution in [0.25, 0.3) is 0 Å². The summed E-state index contributed by atoms with van der Waals surface area (Å²) in [5.41, 5.74) is 0.767. The lowest BCUT2D eigenvalue weighted by molar-refractivity contribution is -0.137. The summed E-state index contributed by atoms with van der Waals surface area (Å²) in [6.45, 7) is 4.54. The number of carbonyl (C=O) groups excluding carboxylic acids is 1. The summed E-state index contributed by atoms with van der Waals surface area (Å²) in [6, 6.07) is 12.5. The number of aliphatic hydroxyl groups excluding tert-OH is 1. The van der Waals surface area contributed by atoms with Crippen LogP contribution in [0, 0.1) is 5.92 Å². The highest BCUT2D eigenvalue weighted by molar-refractivity contribution is 7.94. The number of ether oxygens (including phenoxy) is 1. The van der Waals surface area contributed by atoms with E-state index in [1.54, 1.807) is 41.5 Å². The third-order valence-electron chi connectivity index (χ3n) is 7.15. The molecule has 42 heavy (non-hydrogen) atoms. The number of alkyl halides is 3. The Hall–Kier alpha value is -3.13. The Morgan fingerprint density at radius 2 is 1.90 bits per heavy atom. The van der Waals surface area contributed by atoms with Gasteiger partial charge in [-0.05, 0) is 61.3 Å². The lowest BCUT2D eigenvalue weighted by atomic mass is 10.0. The topological polar surface area (TPSA) is 99.2 Å². The molecule has 2 aromatic carbocycles. The van der Waals surface area contributed by atoms with Crippen LogP contribution in [0.5, 0.6) is 5.75 Å². The summed E-state index contributed by atoms with van der Waals surface area (Å²) in [5, 5.41) is 11.5. The van der Waals surface area contributed by atoms with Crippen LogP contribution in [-0.4, -0.2) is 68.1 Å². The SMILES string of the molecule is C[C@@H]1CN([C@H](C)CO)C(=O)Cc2cc(NS(=O)(=O)c3cccs3)ccc2O[C@@H]1CN(C)Cc1ccc(C(F)(F)F)cc1. The van der Waals surface area contributed by atoms with Gasteiger partial charge in [0.25, 0.3) is 10.0 Å². The molecule has 0 bridgehead atoms. The second-order valence-electron chi connectivity index (χ2n) is 10.6. The minimum absolute atomic E-state index is 0.0604. The summed E-state index contributed by atoms with van der Waals surface area (Å²) in [7, 11) is -1.97. The highest BCUT2D eigenvalue weighted by Crippen LogP contribution is 2.31. The van der Waals surface area contributed by atoms with Crippen molar-refractivity contribution in [3.63, 3.8) is 0 Å². The summed E-state index contributed by atoms with van der Waals surface area (Å²) in [5.74, 6) is 0.0203. The van der Waals surface area contributed by atoms with Crippen LogP contribution in [0.3, 0.4) is 0 Å². The molecule has 0 saturated heterocycles. The highest BCUT2D eigenvalue weighted by atomic mass is 32.2. The number of fused-ring (bicyclic) bond motifs is 1. The molecule has 0 fully saturated rings. The normalized spacial score (nSPS) is 19.0. The van der Waals surface area contributed by atoms with Crippen LogP contribution in [0.15, 0.2) is 64.2 Å².